The molecule has 22 heavy (non-hydrogen) atoms. The molecule has 1 aromatic carbocycles. The molecule has 1 N–H and O–H groups in total. The van der Waals surface area contributed by atoms with Crippen LogP contribution in [0.3, 0.4) is 0 Å². The Bertz CT molecular complexity index is 676. The molecule has 0 aliphatic carbocycles. The molecule has 1 aromatic heterocycles. The lowest BCUT2D eigenvalue weighted by atomic mass is 10.2. The van der Waals surface area contributed by atoms with E-state index >= 15 is 0 Å². The Morgan fingerprint density at radius 1 is 1.36 bits per heavy atom. The van der Waals surface area contributed by atoms with Crippen molar-refractivity contribution in [2.45, 2.75) is 20.3 Å². The number of nitrogens with one attached hydrogen (secondary N) is 1. The topological polar surface area (TPSA) is 51.5 Å². The summed E-state index contributed by atoms with van der Waals surface area (Å²) in [7, 11) is 0. The number of ether oxygens (including phenoxy) is 1. The Kier molecular flexibility index (Phi) is 6.06. The molecule has 116 valence electrons. The van der Waals surface area contributed by atoms with Crippen LogP contribution in [0.5, 0.6) is 5.75 Å². The molecule has 0 spiro atoms. The van der Waals surface area contributed by atoms with Crippen LogP contribution in [0.15, 0.2) is 40.8 Å². The van der Waals surface area contributed by atoms with Gasteiger partial charge in [-0.2, -0.15) is 0 Å². The standard InChI is InChI=1S/C17H18INO3/c1-3-10-21-14-4-7-15(12(2)11-14)19-17(20)9-6-13-5-8-16(18)22-13/h4-9,11H,3,10H2,1-2H3,(H,19,20). The minimum absolute atomic E-state index is 0.197. The summed E-state index contributed by atoms with van der Waals surface area (Å²) in [5.41, 5.74) is 1.73. The summed E-state index contributed by atoms with van der Waals surface area (Å²) in [5, 5.41) is 2.85. The minimum Gasteiger partial charge on any atom is -0.494 e. The molecule has 0 atom stereocenters. The first-order valence-electron chi connectivity index (χ1n) is 7.06. The maximum atomic E-state index is 11.9. The molecule has 5 heteroatoms. The van der Waals surface area contributed by atoms with Gasteiger partial charge in [-0.15, -0.1) is 0 Å². The maximum absolute atomic E-state index is 11.9. The van der Waals surface area contributed by atoms with Crippen molar-refractivity contribution in [3.8, 4) is 5.75 Å². The average Bonchev–Trinajstić information content (AvgIpc) is 2.91. The lowest BCUT2D eigenvalue weighted by Crippen LogP contribution is -2.09. The van der Waals surface area contributed by atoms with E-state index in [0.29, 0.717) is 12.4 Å². The van der Waals surface area contributed by atoms with Crippen LogP contribution in [-0.2, 0) is 4.79 Å². The second-order valence-corrected chi connectivity index (χ2v) is 5.85. The van der Waals surface area contributed by atoms with E-state index in [4.69, 9.17) is 9.15 Å². The summed E-state index contributed by atoms with van der Waals surface area (Å²) in [6.45, 7) is 4.69. The Balaban J connectivity index is 1.97. The highest BCUT2D eigenvalue weighted by molar-refractivity contribution is 14.1. The molecule has 0 saturated carbocycles. The molecule has 0 saturated heterocycles. The van der Waals surface area contributed by atoms with Crippen molar-refractivity contribution >= 4 is 40.3 Å². The van der Waals surface area contributed by atoms with Crippen LogP contribution in [0.1, 0.15) is 24.7 Å². The fourth-order valence-corrected chi connectivity index (χ4v) is 2.27. The number of carbonyl (C=O) groups excluding carboxylic acids is 1. The van der Waals surface area contributed by atoms with E-state index in [1.54, 1.807) is 6.08 Å². The van der Waals surface area contributed by atoms with Crippen molar-refractivity contribution in [3.63, 3.8) is 0 Å². The molecule has 4 nitrogen and oxygen atoms in total. The highest BCUT2D eigenvalue weighted by Gasteiger charge is 2.04. The van der Waals surface area contributed by atoms with E-state index in [1.165, 1.54) is 6.08 Å². The smallest absolute Gasteiger partial charge is 0.248 e. The SMILES string of the molecule is CCCOc1ccc(NC(=O)C=Cc2ccc(I)o2)c(C)c1. The third-order valence-electron chi connectivity index (χ3n) is 2.92. The molecule has 0 aliphatic rings. The van der Waals surface area contributed by atoms with Gasteiger partial charge in [-0.3, -0.25) is 4.79 Å². The van der Waals surface area contributed by atoms with Crippen LogP contribution < -0.4 is 10.1 Å². The number of rotatable bonds is 6. The second kappa shape index (κ2) is 8.03. The number of benzene rings is 1. The normalized spacial score (nSPS) is 10.9. The van der Waals surface area contributed by atoms with Gasteiger partial charge in [0.2, 0.25) is 5.91 Å². The van der Waals surface area contributed by atoms with E-state index in [2.05, 4.69) is 34.8 Å². The summed E-state index contributed by atoms with van der Waals surface area (Å²) in [6.07, 6.45) is 4.06. The monoisotopic (exact) mass is 411 g/mol. The summed E-state index contributed by atoms with van der Waals surface area (Å²) in [6, 6.07) is 9.29. The zero-order chi connectivity index (χ0) is 15.9. The number of halogens is 1. The fraction of sp³-hybridized carbons (Fsp3) is 0.235. The minimum atomic E-state index is -0.197. The zero-order valence-corrected chi connectivity index (χ0v) is 14.7. The average molecular weight is 411 g/mol. The van der Waals surface area contributed by atoms with Crippen LogP contribution in [-0.4, -0.2) is 12.5 Å². The first-order valence-corrected chi connectivity index (χ1v) is 8.14. The summed E-state index contributed by atoms with van der Waals surface area (Å²) < 4.78 is 11.7. The van der Waals surface area contributed by atoms with Gasteiger partial charge >= 0.3 is 0 Å². The first-order chi connectivity index (χ1) is 10.6. The number of carbonyl (C=O) groups is 1. The zero-order valence-electron chi connectivity index (χ0n) is 12.6. The highest BCUT2D eigenvalue weighted by atomic mass is 127. The van der Waals surface area contributed by atoms with Crippen molar-refractivity contribution < 1.29 is 13.9 Å². The van der Waals surface area contributed by atoms with Crippen LogP contribution >= 0.6 is 22.6 Å². The van der Waals surface area contributed by atoms with Crippen LogP contribution in [0.2, 0.25) is 0 Å². The molecule has 2 rings (SSSR count). The molecule has 0 bridgehead atoms. The van der Waals surface area contributed by atoms with Gasteiger partial charge in [0.25, 0.3) is 0 Å². The van der Waals surface area contributed by atoms with Crippen LogP contribution in [0.25, 0.3) is 6.08 Å². The van der Waals surface area contributed by atoms with Crippen molar-refractivity contribution in [2.75, 3.05) is 11.9 Å². The van der Waals surface area contributed by atoms with Crippen molar-refractivity contribution in [2.24, 2.45) is 0 Å². The van der Waals surface area contributed by atoms with Crippen LogP contribution in [0, 0.1) is 10.7 Å². The maximum Gasteiger partial charge on any atom is 0.248 e. The van der Waals surface area contributed by atoms with Gasteiger partial charge in [-0.25, -0.2) is 0 Å². The number of furan rings is 1. The molecule has 2 aromatic rings. The summed E-state index contributed by atoms with van der Waals surface area (Å²) >= 11 is 2.08. The lowest BCUT2D eigenvalue weighted by Gasteiger charge is -2.10. The number of amides is 1. The molecule has 0 radical (unpaired) electrons. The highest BCUT2D eigenvalue weighted by Crippen LogP contribution is 2.21. The molecule has 0 aliphatic heterocycles. The van der Waals surface area contributed by atoms with Gasteiger partial charge in [0.1, 0.15) is 11.5 Å². The first kappa shape index (κ1) is 16.6. The molecule has 1 amide bonds. The second-order valence-electron chi connectivity index (χ2n) is 4.79. The number of anilines is 1. The van der Waals surface area contributed by atoms with Crippen LogP contribution in [0.4, 0.5) is 5.69 Å². The van der Waals surface area contributed by atoms with Gasteiger partial charge < -0.3 is 14.5 Å². The molecule has 1 heterocycles. The molecule has 0 fully saturated rings. The Labute approximate surface area is 143 Å². The van der Waals surface area contributed by atoms with Crippen molar-refractivity contribution in [1.82, 2.24) is 0 Å². The molecular weight excluding hydrogens is 393 g/mol. The largest absolute Gasteiger partial charge is 0.494 e. The summed E-state index contributed by atoms with van der Waals surface area (Å²) in [4.78, 5) is 11.9. The van der Waals surface area contributed by atoms with E-state index < -0.39 is 0 Å². The fourth-order valence-electron chi connectivity index (χ4n) is 1.84. The molecular formula is C17H18INO3. The Morgan fingerprint density at radius 3 is 2.82 bits per heavy atom. The molecule has 0 unspecified atom stereocenters. The van der Waals surface area contributed by atoms with Gasteiger partial charge in [-0.05, 0) is 77.9 Å². The predicted molar refractivity (Wildman–Crippen MR) is 96.1 cm³/mol. The van der Waals surface area contributed by atoms with Crippen molar-refractivity contribution in [3.05, 3.63) is 51.5 Å². The predicted octanol–water partition coefficient (Wildman–Crippen LogP) is 4.63. The van der Waals surface area contributed by atoms with E-state index in [-0.39, 0.29) is 5.91 Å². The third kappa shape index (κ3) is 4.91. The van der Waals surface area contributed by atoms with Gasteiger partial charge in [0.15, 0.2) is 3.77 Å². The van der Waals surface area contributed by atoms with E-state index in [0.717, 1.165) is 27.2 Å². The quantitative estimate of drug-likeness (QED) is 0.557. The van der Waals surface area contributed by atoms with E-state index in [9.17, 15) is 4.79 Å². The lowest BCUT2D eigenvalue weighted by molar-refractivity contribution is -0.111. The van der Waals surface area contributed by atoms with E-state index in [1.807, 2.05) is 37.3 Å². The number of hydrogen-bond acceptors (Lipinski definition) is 3. The van der Waals surface area contributed by atoms with Crippen molar-refractivity contribution in [1.29, 1.82) is 0 Å². The summed E-state index contributed by atoms with van der Waals surface area (Å²) in [5.74, 6) is 1.27. The Hall–Kier alpha value is -1.76. The van der Waals surface area contributed by atoms with Gasteiger partial charge in [-0.1, -0.05) is 6.92 Å². The number of hydrogen-bond donors (Lipinski definition) is 1. The van der Waals surface area contributed by atoms with Gasteiger partial charge in [0, 0.05) is 11.8 Å². The Morgan fingerprint density at radius 2 is 2.18 bits per heavy atom. The van der Waals surface area contributed by atoms with Gasteiger partial charge in [0.05, 0.1) is 6.61 Å². The third-order valence-corrected chi connectivity index (χ3v) is 3.50. The number of aryl methyl sites for hydroxylation is 1.